The average Bonchev–Trinajstić information content (AvgIpc) is 4.00. The third-order valence-electron chi connectivity index (χ3n) is 11.3. The molecule has 0 atom stereocenters. The third-order valence-corrected chi connectivity index (χ3v) is 11.3. The Kier molecular flexibility index (Phi) is 7.16. The second-order valence-electron chi connectivity index (χ2n) is 14.7. The van der Waals surface area contributed by atoms with Crippen LogP contribution in [0.25, 0.3) is 99.5 Å². The summed E-state index contributed by atoms with van der Waals surface area (Å²) >= 11 is 0. The lowest BCUT2D eigenvalue weighted by atomic mass is 9.97. The van der Waals surface area contributed by atoms with Crippen molar-refractivity contribution in [2.75, 3.05) is 4.90 Å². The Hall–Kier alpha value is -7.89. The van der Waals surface area contributed by atoms with Gasteiger partial charge < -0.3 is 18.2 Å². The predicted molar refractivity (Wildman–Crippen MR) is 237 cm³/mol. The molecule has 5 nitrogen and oxygen atoms in total. The van der Waals surface area contributed by atoms with E-state index in [1.54, 1.807) is 0 Å². The first kappa shape index (κ1) is 32.4. The molecule has 0 N–H and O–H groups in total. The molecule has 0 unspecified atom stereocenters. The summed E-state index contributed by atoms with van der Waals surface area (Å²) in [7, 11) is 0. The minimum atomic E-state index is 0.556. The number of aromatic nitrogens is 1. The molecule has 0 fully saturated rings. The van der Waals surface area contributed by atoms with Crippen LogP contribution in [0.1, 0.15) is 0 Å². The summed E-state index contributed by atoms with van der Waals surface area (Å²) in [6.45, 7) is 0. The Morgan fingerprint density at radius 3 is 1.79 bits per heavy atom. The van der Waals surface area contributed by atoms with Gasteiger partial charge in [0, 0.05) is 49.7 Å². The molecule has 0 saturated heterocycles. The highest BCUT2D eigenvalue weighted by molar-refractivity contribution is 6.07. The fourth-order valence-electron chi connectivity index (χ4n) is 8.54. The number of hydrogen-bond acceptors (Lipinski definition) is 5. The average molecular weight is 745 g/mol. The summed E-state index contributed by atoms with van der Waals surface area (Å²) in [5.41, 5.74) is 13.3. The molecule has 272 valence electrons. The molecule has 5 heteroatoms. The zero-order valence-electron chi connectivity index (χ0n) is 31.1. The zero-order chi connectivity index (χ0) is 38.2. The minimum Gasteiger partial charge on any atom is -0.456 e. The second kappa shape index (κ2) is 12.8. The van der Waals surface area contributed by atoms with Gasteiger partial charge in [0.1, 0.15) is 27.8 Å². The molecule has 0 aliphatic heterocycles. The lowest BCUT2D eigenvalue weighted by Crippen LogP contribution is -2.10. The van der Waals surface area contributed by atoms with Crippen LogP contribution in [0.15, 0.2) is 207 Å². The van der Waals surface area contributed by atoms with Crippen LogP contribution in [-0.2, 0) is 0 Å². The zero-order valence-corrected chi connectivity index (χ0v) is 31.1. The van der Waals surface area contributed by atoms with Gasteiger partial charge in [0.25, 0.3) is 0 Å². The number of fused-ring (bicyclic) bond motifs is 8. The quantitative estimate of drug-likeness (QED) is 0.170. The van der Waals surface area contributed by atoms with Gasteiger partial charge in [-0.2, -0.15) is 0 Å². The van der Waals surface area contributed by atoms with Gasteiger partial charge in [0.05, 0.1) is 0 Å². The summed E-state index contributed by atoms with van der Waals surface area (Å²) in [6.07, 6.45) is 0. The van der Waals surface area contributed by atoms with Crippen molar-refractivity contribution in [1.29, 1.82) is 0 Å². The maximum atomic E-state index is 6.38. The van der Waals surface area contributed by atoms with Crippen molar-refractivity contribution in [3.05, 3.63) is 194 Å². The summed E-state index contributed by atoms with van der Waals surface area (Å²) in [4.78, 5) is 7.38. The highest BCUT2D eigenvalue weighted by atomic mass is 16.4. The van der Waals surface area contributed by atoms with E-state index in [0.717, 1.165) is 94.3 Å². The van der Waals surface area contributed by atoms with Crippen molar-refractivity contribution < 1.29 is 13.3 Å². The SMILES string of the molecule is c1cc(-c2cccc3ccccc23)cc(N(c2ccc(-c3cccc4oc(-c5ccc6c(c5)oc5ccccc56)nc34)cc2)c2ccc3oc4ccccc4c3c2)c1. The first-order valence-corrected chi connectivity index (χ1v) is 19.4. The molecule has 0 radical (unpaired) electrons. The molecule has 3 heterocycles. The van der Waals surface area contributed by atoms with Gasteiger partial charge in [0.2, 0.25) is 5.89 Å². The fourth-order valence-corrected chi connectivity index (χ4v) is 8.54. The summed E-state index contributed by atoms with van der Waals surface area (Å²) in [5.74, 6) is 0.556. The van der Waals surface area contributed by atoms with E-state index in [0.29, 0.717) is 5.89 Å². The molecular formula is C53H32N2O3. The molecule has 0 bridgehead atoms. The Balaban J connectivity index is 0.962. The van der Waals surface area contributed by atoms with E-state index < -0.39 is 0 Å². The van der Waals surface area contributed by atoms with E-state index in [-0.39, 0.29) is 0 Å². The van der Waals surface area contributed by atoms with Crippen LogP contribution in [0.2, 0.25) is 0 Å². The van der Waals surface area contributed by atoms with E-state index in [2.05, 4.69) is 150 Å². The van der Waals surface area contributed by atoms with Crippen LogP contribution < -0.4 is 4.90 Å². The number of para-hydroxylation sites is 3. The first-order chi connectivity index (χ1) is 28.7. The maximum absolute atomic E-state index is 6.38. The number of nitrogens with zero attached hydrogens (tertiary/aromatic N) is 2. The number of furan rings is 2. The Morgan fingerprint density at radius 1 is 0.328 bits per heavy atom. The summed E-state index contributed by atoms with van der Waals surface area (Å²) in [6, 6.07) is 67.6. The van der Waals surface area contributed by atoms with Gasteiger partial charge in [-0.1, -0.05) is 115 Å². The molecule has 9 aromatic carbocycles. The highest BCUT2D eigenvalue weighted by Crippen LogP contribution is 2.42. The molecule has 0 amide bonds. The number of benzene rings is 9. The normalized spacial score (nSPS) is 11.8. The molecule has 0 aliphatic carbocycles. The third kappa shape index (κ3) is 5.21. The van der Waals surface area contributed by atoms with Crippen molar-refractivity contribution in [1.82, 2.24) is 4.98 Å². The van der Waals surface area contributed by atoms with E-state index in [1.165, 1.54) is 16.3 Å². The number of oxazole rings is 1. The predicted octanol–water partition coefficient (Wildman–Crippen LogP) is 15.3. The van der Waals surface area contributed by atoms with Crippen LogP contribution in [0.3, 0.4) is 0 Å². The van der Waals surface area contributed by atoms with Gasteiger partial charge in [-0.25, -0.2) is 4.98 Å². The Morgan fingerprint density at radius 2 is 0.931 bits per heavy atom. The monoisotopic (exact) mass is 744 g/mol. The van der Waals surface area contributed by atoms with E-state index in [9.17, 15) is 0 Å². The molecule has 3 aromatic heterocycles. The smallest absolute Gasteiger partial charge is 0.227 e. The molecule has 0 aliphatic rings. The Bertz CT molecular complexity index is 3530. The number of rotatable bonds is 6. The maximum Gasteiger partial charge on any atom is 0.227 e. The van der Waals surface area contributed by atoms with E-state index in [4.69, 9.17) is 18.2 Å². The van der Waals surface area contributed by atoms with Crippen molar-refractivity contribution >= 4 is 82.8 Å². The first-order valence-electron chi connectivity index (χ1n) is 19.4. The lowest BCUT2D eigenvalue weighted by molar-refractivity contribution is 0.619. The fraction of sp³-hybridized carbons (Fsp3) is 0. The standard InChI is InChI=1S/C53H32N2O3/c1-2-14-40-33(10-1)11-8-17-41(40)35-12-7-13-38(30-35)55(39-27-29-49-46(32-39)44-16-4-6-20-48(44)56-49)37-25-22-34(23-26-37)42-18-9-21-50-52(42)54-53(58-50)36-24-28-45-43-15-3-5-19-47(43)57-51(45)31-36/h1-32H. The number of anilines is 3. The van der Waals surface area contributed by atoms with E-state index >= 15 is 0 Å². The molecule has 0 saturated carbocycles. The van der Waals surface area contributed by atoms with Crippen molar-refractivity contribution in [2.45, 2.75) is 0 Å². The number of hydrogen-bond donors (Lipinski definition) is 0. The van der Waals surface area contributed by atoms with Gasteiger partial charge in [0.15, 0.2) is 5.58 Å². The topological polar surface area (TPSA) is 55.6 Å². The minimum absolute atomic E-state index is 0.556. The van der Waals surface area contributed by atoms with Gasteiger partial charge in [-0.05, 0) is 106 Å². The molecular weight excluding hydrogens is 713 g/mol. The second-order valence-corrected chi connectivity index (χ2v) is 14.7. The lowest BCUT2D eigenvalue weighted by Gasteiger charge is -2.26. The van der Waals surface area contributed by atoms with Crippen molar-refractivity contribution in [2.24, 2.45) is 0 Å². The molecule has 0 spiro atoms. The highest BCUT2D eigenvalue weighted by Gasteiger charge is 2.19. The van der Waals surface area contributed by atoms with Crippen molar-refractivity contribution in [3.63, 3.8) is 0 Å². The Labute approximate surface area is 332 Å². The van der Waals surface area contributed by atoms with Crippen LogP contribution in [0.5, 0.6) is 0 Å². The van der Waals surface area contributed by atoms with Crippen LogP contribution >= 0.6 is 0 Å². The molecule has 12 aromatic rings. The van der Waals surface area contributed by atoms with E-state index in [1.807, 2.05) is 48.5 Å². The van der Waals surface area contributed by atoms with Crippen LogP contribution in [0.4, 0.5) is 17.1 Å². The molecule has 58 heavy (non-hydrogen) atoms. The van der Waals surface area contributed by atoms with Gasteiger partial charge >= 0.3 is 0 Å². The van der Waals surface area contributed by atoms with Gasteiger partial charge in [-0.3, -0.25) is 0 Å². The van der Waals surface area contributed by atoms with Crippen molar-refractivity contribution in [3.8, 4) is 33.7 Å². The summed E-state index contributed by atoms with van der Waals surface area (Å²) in [5, 5.41) is 6.79. The largest absolute Gasteiger partial charge is 0.456 e. The van der Waals surface area contributed by atoms with Crippen LogP contribution in [0, 0.1) is 0 Å². The summed E-state index contributed by atoms with van der Waals surface area (Å²) < 4.78 is 18.8. The molecule has 12 rings (SSSR count). The van der Waals surface area contributed by atoms with Gasteiger partial charge in [-0.15, -0.1) is 0 Å². The van der Waals surface area contributed by atoms with Crippen LogP contribution in [-0.4, -0.2) is 4.98 Å².